The zero-order valence-corrected chi connectivity index (χ0v) is 14.8. The number of rotatable bonds is 6. The standard InChI is InChI=1S/C20H22N2O5/c23-18(14-5-7-15(8-6-14)20(25)26)21-12-13-3-9-16(10-4-13)22-19(24)17-2-1-11-27-17/h1-4,9-11,14-15H,5-8,12H2,(H,21,23)(H,22,24)(H,25,26). The van der Waals surface area contributed by atoms with E-state index in [1.807, 2.05) is 12.1 Å². The van der Waals surface area contributed by atoms with Crippen molar-refractivity contribution in [3.05, 3.63) is 54.0 Å². The lowest BCUT2D eigenvalue weighted by Crippen LogP contribution is -2.34. The molecule has 27 heavy (non-hydrogen) atoms. The summed E-state index contributed by atoms with van der Waals surface area (Å²) in [4.78, 5) is 35.2. The van der Waals surface area contributed by atoms with Crippen LogP contribution in [0.4, 0.5) is 5.69 Å². The number of carboxylic acids is 1. The van der Waals surface area contributed by atoms with Crippen molar-refractivity contribution in [1.29, 1.82) is 0 Å². The van der Waals surface area contributed by atoms with Crippen molar-refractivity contribution in [1.82, 2.24) is 5.32 Å². The molecule has 0 radical (unpaired) electrons. The number of carbonyl (C=O) groups excluding carboxylic acids is 2. The van der Waals surface area contributed by atoms with E-state index in [1.54, 1.807) is 24.3 Å². The molecule has 0 atom stereocenters. The summed E-state index contributed by atoms with van der Waals surface area (Å²) >= 11 is 0. The van der Waals surface area contributed by atoms with Crippen molar-refractivity contribution in [2.24, 2.45) is 11.8 Å². The molecule has 3 rings (SSSR count). The van der Waals surface area contributed by atoms with Crippen LogP contribution in [0.15, 0.2) is 47.1 Å². The summed E-state index contributed by atoms with van der Waals surface area (Å²) in [6.07, 6.45) is 3.77. The lowest BCUT2D eigenvalue weighted by Gasteiger charge is -2.25. The van der Waals surface area contributed by atoms with Crippen LogP contribution < -0.4 is 10.6 Å². The van der Waals surface area contributed by atoms with E-state index in [0.717, 1.165) is 5.56 Å². The Bertz CT molecular complexity index is 790. The van der Waals surface area contributed by atoms with Gasteiger partial charge in [-0.1, -0.05) is 12.1 Å². The van der Waals surface area contributed by atoms with Gasteiger partial charge in [0, 0.05) is 18.2 Å². The first-order valence-corrected chi connectivity index (χ1v) is 8.97. The van der Waals surface area contributed by atoms with Gasteiger partial charge in [0.1, 0.15) is 0 Å². The maximum absolute atomic E-state index is 12.3. The second-order valence-corrected chi connectivity index (χ2v) is 6.73. The molecule has 1 aliphatic carbocycles. The third-order valence-electron chi connectivity index (χ3n) is 4.87. The summed E-state index contributed by atoms with van der Waals surface area (Å²) < 4.78 is 5.04. The molecule has 1 aliphatic rings. The third kappa shape index (κ3) is 4.97. The molecule has 7 nitrogen and oxygen atoms in total. The van der Waals surface area contributed by atoms with Crippen molar-refractivity contribution in [3.63, 3.8) is 0 Å². The average molecular weight is 370 g/mol. The molecule has 0 aliphatic heterocycles. The summed E-state index contributed by atoms with van der Waals surface area (Å²) in [5, 5.41) is 14.7. The largest absolute Gasteiger partial charge is 0.481 e. The Morgan fingerprint density at radius 2 is 1.67 bits per heavy atom. The zero-order chi connectivity index (χ0) is 19.2. The van der Waals surface area contributed by atoms with Gasteiger partial charge in [0.15, 0.2) is 5.76 Å². The number of carbonyl (C=O) groups is 3. The van der Waals surface area contributed by atoms with Gasteiger partial charge in [-0.3, -0.25) is 14.4 Å². The summed E-state index contributed by atoms with van der Waals surface area (Å²) in [5.41, 5.74) is 1.55. The maximum Gasteiger partial charge on any atom is 0.306 e. The first-order valence-electron chi connectivity index (χ1n) is 8.97. The van der Waals surface area contributed by atoms with E-state index in [9.17, 15) is 14.4 Å². The number of anilines is 1. The highest BCUT2D eigenvalue weighted by Gasteiger charge is 2.29. The van der Waals surface area contributed by atoms with E-state index >= 15 is 0 Å². The van der Waals surface area contributed by atoms with Crippen LogP contribution in [0.1, 0.15) is 41.8 Å². The van der Waals surface area contributed by atoms with Crippen LogP contribution in [0.2, 0.25) is 0 Å². The number of carboxylic acid groups (broad SMARTS) is 1. The molecular weight excluding hydrogens is 348 g/mol. The smallest absolute Gasteiger partial charge is 0.306 e. The predicted molar refractivity (Wildman–Crippen MR) is 98.0 cm³/mol. The Balaban J connectivity index is 1.45. The van der Waals surface area contributed by atoms with Crippen LogP contribution in [-0.2, 0) is 16.1 Å². The van der Waals surface area contributed by atoms with Crippen molar-refractivity contribution in [3.8, 4) is 0 Å². The Kier molecular flexibility index (Phi) is 5.90. The molecule has 0 saturated heterocycles. The second-order valence-electron chi connectivity index (χ2n) is 6.73. The van der Waals surface area contributed by atoms with Crippen LogP contribution in [0.5, 0.6) is 0 Å². The summed E-state index contributed by atoms with van der Waals surface area (Å²) in [5.74, 6) is -1.32. The van der Waals surface area contributed by atoms with Crippen LogP contribution in [0, 0.1) is 11.8 Å². The molecule has 1 fully saturated rings. The van der Waals surface area contributed by atoms with Gasteiger partial charge in [-0.25, -0.2) is 0 Å². The summed E-state index contributed by atoms with van der Waals surface area (Å²) in [6.45, 7) is 0.393. The van der Waals surface area contributed by atoms with Crippen molar-refractivity contribution in [2.75, 3.05) is 5.32 Å². The Hall–Kier alpha value is -3.09. The SMILES string of the molecule is O=C(Nc1ccc(CNC(=O)C2CCC(C(=O)O)CC2)cc1)c1ccco1. The summed E-state index contributed by atoms with van der Waals surface area (Å²) in [7, 11) is 0. The second kappa shape index (κ2) is 8.53. The Labute approximate surface area is 156 Å². The molecule has 0 spiro atoms. The molecule has 0 bridgehead atoms. The number of hydrogen-bond donors (Lipinski definition) is 3. The van der Waals surface area contributed by atoms with E-state index in [1.165, 1.54) is 6.26 Å². The van der Waals surface area contributed by atoms with Crippen LogP contribution in [0.3, 0.4) is 0 Å². The fourth-order valence-corrected chi connectivity index (χ4v) is 3.24. The lowest BCUT2D eigenvalue weighted by molar-refractivity contribution is -0.144. The molecule has 1 saturated carbocycles. The Morgan fingerprint density at radius 1 is 1.00 bits per heavy atom. The van der Waals surface area contributed by atoms with Gasteiger partial charge in [0.25, 0.3) is 5.91 Å². The van der Waals surface area contributed by atoms with E-state index in [-0.39, 0.29) is 29.4 Å². The van der Waals surface area contributed by atoms with Gasteiger partial charge in [-0.15, -0.1) is 0 Å². The van der Waals surface area contributed by atoms with Crippen molar-refractivity contribution < 1.29 is 23.9 Å². The molecule has 7 heteroatoms. The normalized spacial score (nSPS) is 19.3. The number of furan rings is 1. The molecule has 2 aromatic rings. The van der Waals surface area contributed by atoms with Gasteiger partial charge < -0.3 is 20.2 Å². The minimum absolute atomic E-state index is 0.0333. The topological polar surface area (TPSA) is 109 Å². The van der Waals surface area contributed by atoms with Crippen LogP contribution in [-0.4, -0.2) is 22.9 Å². The van der Waals surface area contributed by atoms with Crippen molar-refractivity contribution in [2.45, 2.75) is 32.2 Å². The minimum Gasteiger partial charge on any atom is -0.481 e. The molecule has 2 amide bonds. The quantitative estimate of drug-likeness (QED) is 0.724. The predicted octanol–water partition coefficient (Wildman–Crippen LogP) is 3.04. The van der Waals surface area contributed by atoms with Gasteiger partial charge in [-0.2, -0.15) is 0 Å². The molecule has 1 aromatic carbocycles. The number of hydrogen-bond acceptors (Lipinski definition) is 4. The molecule has 3 N–H and O–H groups in total. The fraction of sp³-hybridized carbons (Fsp3) is 0.350. The monoisotopic (exact) mass is 370 g/mol. The third-order valence-corrected chi connectivity index (χ3v) is 4.87. The van der Waals surface area contributed by atoms with Gasteiger partial charge in [0.2, 0.25) is 5.91 Å². The maximum atomic E-state index is 12.3. The highest BCUT2D eigenvalue weighted by molar-refractivity contribution is 6.02. The van der Waals surface area contributed by atoms with E-state index in [0.29, 0.717) is 37.9 Å². The minimum atomic E-state index is -0.770. The fourth-order valence-electron chi connectivity index (χ4n) is 3.24. The lowest BCUT2D eigenvalue weighted by atomic mass is 9.81. The van der Waals surface area contributed by atoms with Crippen molar-refractivity contribution >= 4 is 23.5 Å². The van der Waals surface area contributed by atoms with Crippen LogP contribution >= 0.6 is 0 Å². The van der Waals surface area contributed by atoms with Gasteiger partial charge in [0.05, 0.1) is 12.2 Å². The first kappa shape index (κ1) is 18.7. The highest BCUT2D eigenvalue weighted by atomic mass is 16.4. The van der Waals surface area contributed by atoms with Gasteiger partial charge >= 0.3 is 5.97 Å². The number of aliphatic carboxylic acids is 1. The molecule has 1 heterocycles. The molecule has 142 valence electrons. The molecular formula is C20H22N2O5. The average Bonchev–Trinajstić information content (AvgIpc) is 3.22. The first-order chi connectivity index (χ1) is 13.0. The zero-order valence-electron chi connectivity index (χ0n) is 14.8. The summed E-state index contributed by atoms with van der Waals surface area (Å²) in [6, 6.07) is 10.4. The van der Waals surface area contributed by atoms with E-state index < -0.39 is 5.97 Å². The highest BCUT2D eigenvalue weighted by Crippen LogP contribution is 2.29. The number of amides is 2. The molecule has 1 aromatic heterocycles. The number of benzene rings is 1. The van der Waals surface area contributed by atoms with E-state index in [4.69, 9.17) is 9.52 Å². The number of nitrogens with one attached hydrogen (secondary N) is 2. The van der Waals surface area contributed by atoms with Gasteiger partial charge in [-0.05, 0) is 55.5 Å². The Morgan fingerprint density at radius 3 is 2.26 bits per heavy atom. The van der Waals surface area contributed by atoms with E-state index in [2.05, 4.69) is 10.6 Å². The molecule has 0 unspecified atom stereocenters. The van der Waals surface area contributed by atoms with Crippen LogP contribution in [0.25, 0.3) is 0 Å².